The van der Waals surface area contributed by atoms with Crippen LogP contribution < -0.4 is 11.2 Å². The minimum Gasteiger partial charge on any atom is -0.494 e. The highest BCUT2D eigenvalue weighted by Crippen LogP contribution is 2.33. The van der Waals surface area contributed by atoms with Gasteiger partial charge in [0.2, 0.25) is 5.88 Å². The molecule has 0 aliphatic heterocycles. The molecule has 0 unspecified atom stereocenters. The van der Waals surface area contributed by atoms with Crippen molar-refractivity contribution in [2.45, 2.75) is 57.7 Å². The zero-order chi connectivity index (χ0) is 15.5. The number of aromatic amines is 1. The predicted octanol–water partition coefficient (Wildman–Crippen LogP) is 2.29. The van der Waals surface area contributed by atoms with E-state index in [4.69, 9.17) is 0 Å². The molecule has 1 heterocycles. The van der Waals surface area contributed by atoms with Crippen LogP contribution in [-0.2, 0) is 6.54 Å². The molecule has 0 spiro atoms. The zero-order valence-electron chi connectivity index (χ0n) is 12.8. The van der Waals surface area contributed by atoms with Gasteiger partial charge in [-0.15, -0.1) is 0 Å². The van der Waals surface area contributed by atoms with Crippen LogP contribution in [0.1, 0.15) is 52.0 Å². The van der Waals surface area contributed by atoms with E-state index in [0.29, 0.717) is 6.54 Å². The molecule has 0 saturated carbocycles. The fourth-order valence-corrected chi connectivity index (χ4v) is 3.19. The Hall–Kier alpha value is -1.17. The van der Waals surface area contributed by atoms with Gasteiger partial charge in [-0.3, -0.25) is 14.3 Å². The van der Waals surface area contributed by atoms with Crippen LogP contribution >= 0.6 is 11.8 Å². The number of aromatic nitrogens is 2. The Labute approximate surface area is 123 Å². The minimum atomic E-state index is -0.544. The molecule has 20 heavy (non-hydrogen) atoms. The lowest BCUT2D eigenvalue weighted by atomic mass is 10.0. The number of hydrogen-bond donors (Lipinski definition) is 2. The van der Waals surface area contributed by atoms with Crippen LogP contribution in [0.3, 0.4) is 0 Å². The Kier molecular flexibility index (Phi) is 5.50. The van der Waals surface area contributed by atoms with Crippen molar-refractivity contribution in [2.75, 3.05) is 6.26 Å². The summed E-state index contributed by atoms with van der Waals surface area (Å²) in [5.74, 6) is -0.341. The number of nitrogens with zero attached hydrogens (tertiary/aromatic N) is 1. The maximum Gasteiger partial charge on any atom is 0.331 e. The van der Waals surface area contributed by atoms with Crippen LogP contribution in [0.2, 0.25) is 0 Å². The van der Waals surface area contributed by atoms with Gasteiger partial charge < -0.3 is 5.11 Å². The summed E-state index contributed by atoms with van der Waals surface area (Å²) in [4.78, 5) is 26.1. The van der Waals surface area contributed by atoms with Gasteiger partial charge in [0.1, 0.15) is 0 Å². The zero-order valence-corrected chi connectivity index (χ0v) is 13.6. The van der Waals surface area contributed by atoms with E-state index < -0.39 is 11.2 Å². The van der Waals surface area contributed by atoms with Crippen LogP contribution in [-0.4, -0.2) is 25.7 Å². The van der Waals surface area contributed by atoms with E-state index in [9.17, 15) is 14.7 Å². The third-order valence-electron chi connectivity index (χ3n) is 3.95. The maximum absolute atomic E-state index is 12.0. The molecule has 0 radical (unpaired) electrons. The van der Waals surface area contributed by atoms with Crippen molar-refractivity contribution < 1.29 is 5.11 Å². The Bertz CT molecular complexity index is 562. The van der Waals surface area contributed by atoms with E-state index in [1.807, 2.05) is 20.1 Å². The normalized spacial score (nSPS) is 12.1. The summed E-state index contributed by atoms with van der Waals surface area (Å²) in [5, 5.41) is 10.3. The molecule has 1 aromatic rings. The highest BCUT2D eigenvalue weighted by Gasteiger charge is 2.28. The quantitative estimate of drug-likeness (QED) is 0.845. The first-order chi connectivity index (χ1) is 9.31. The number of nitrogens with one attached hydrogen (secondary N) is 1. The summed E-state index contributed by atoms with van der Waals surface area (Å²) in [6.45, 7) is 8.16. The van der Waals surface area contributed by atoms with Crippen molar-refractivity contribution in [3.63, 3.8) is 0 Å². The van der Waals surface area contributed by atoms with Crippen LogP contribution in [0.25, 0.3) is 0 Å². The number of hydrogen-bond acceptors (Lipinski definition) is 4. The van der Waals surface area contributed by atoms with Gasteiger partial charge in [0.05, 0.1) is 5.56 Å². The van der Waals surface area contributed by atoms with Gasteiger partial charge in [0.15, 0.2) is 0 Å². The van der Waals surface area contributed by atoms with Crippen LogP contribution in [0.4, 0.5) is 0 Å². The van der Waals surface area contributed by atoms with Gasteiger partial charge >= 0.3 is 5.69 Å². The molecule has 0 aliphatic rings. The average Bonchev–Trinajstić information content (AvgIpc) is 2.39. The molecular weight excluding hydrogens is 276 g/mol. The number of thioether (sulfide) groups is 1. The van der Waals surface area contributed by atoms with Crippen LogP contribution in [0.15, 0.2) is 9.59 Å². The second-order valence-electron chi connectivity index (χ2n) is 5.33. The predicted molar refractivity (Wildman–Crippen MR) is 83.9 cm³/mol. The minimum absolute atomic E-state index is 0.117. The summed E-state index contributed by atoms with van der Waals surface area (Å²) >= 11 is 1.69. The molecule has 1 rings (SSSR count). The Balaban J connectivity index is 3.43. The van der Waals surface area contributed by atoms with E-state index in [1.165, 1.54) is 4.57 Å². The Morgan fingerprint density at radius 2 is 1.85 bits per heavy atom. The molecular formula is C14H24N2O3S. The van der Waals surface area contributed by atoms with Gasteiger partial charge in [-0.05, 0) is 25.0 Å². The van der Waals surface area contributed by atoms with Crippen molar-refractivity contribution in [1.29, 1.82) is 0 Å². The smallest absolute Gasteiger partial charge is 0.331 e. The molecule has 0 amide bonds. The first-order valence-corrected chi connectivity index (χ1v) is 8.15. The highest BCUT2D eigenvalue weighted by molar-refractivity contribution is 8.00. The van der Waals surface area contributed by atoms with Crippen molar-refractivity contribution in [3.05, 3.63) is 26.4 Å². The molecule has 0 aromatic carbocycles. The van der Waals surface area contributed by atoms with E-state index in [1.54, 1.807) is 11.8 Å². The van der Waals surface area contributed by atoms with Gasteiger partial charge in [-0.2, -0.15) is 11.8 Å². The van der Waals surface area contributed by atoms with E-state index in [2.05, 4.69) is 18.8 Å². The van der Waals surface area contributed by atoms with Gasteiger partial charge in [-0.1, -0.05) is 27.7 Å². The average molecular weight is 300 g/mol. The summed E-state index contributed by atoms with van der Waals surface area (Å²) in [7, 11) is 0. The Morgan fingerprint density at radius 3 is 2.25 bits per heavy atom. The van der Waals surface area contributed by atoms with E-state index in [-0.39, 0.29) is 22.1 Å². The number of aromatic hydroxyl groups is 1. The van der Waals surface area contributed by atoms with E-state index >= 15 is 0 Å². The van der Waals surface area contributed by atoms with Gasteiger partial charge in [0.25, 0.3) is 5.56 Å². The van der Waals surface area contributed by atoms with Crippen LogP contribution in [0, 0.1) is 0 Å². The maximum atomic E-state index is 12.0. The first-order valence-electron chi connectivity index (χ1n) is 6.93. The second-order valence-corrected chi connectivity index (χ2v) is 6.61. The van der Waals surface area contributed by atoms with E-state index in [0.717, 1.165) is 12.8 Å². The molecule has 5 nitrogen and oxygen atoms in total. The Morgan fingerprint density at radius 1 is 1.30 bits per heavy atom. The largest absolute Gasteiger partial charge is 0.494 e. The summed E-state index contributed by atoms with van der Waals surface area (Å²) in [5.41, 5.74) is -0.773. The fourth-order valence-electron chi connectivity index (χ4n) is 2.36. The van der Waals surface area contributed by atoms with Gasteiger partial charge in [-0.25, -0.2) is 4.79 Å². The molecule has 0 bridgehead atoms. The van der Waals surface area contributed by atoms with Crippen LogP contribution in [0.5, 0.6) is 5.88 Å². The number of rotatable bonds is 6. The lowest BCUT2D eigenvalue weighted by Gasteiger charge is -2.30. The summed E-state index contributed by atoms with van der Waals surface area (Å²) in [6.07, 6.45) is 3.77. The molecule has 0 aliphatic carbocycles. The SMILES string of the molecule is CCC(CC)(Cn1c(O)c(C(C)C)c(=O)[nH]c1=O)SC. The highest BCUT2D eigenvalue weighted by atomic mass is 32.2. The molecule has 0 saturated heterocycles. The van der Waals surface area contributed by atoms with Crippen molar-refractivity contribution in [1.82, 2.24) is 9.55 Å². The molecule has 2 N–H and O–H groups in total. The number of H-pyrrole nitrogens is 1. The molecule has 0 atom stereocenters. The lowest BCUT2D eigenvalue weighted by molar-refractivity contribution is 0.358. The third kappa shape index (κ3) is 3.11. The van der Waals surface area contributed by atoms with Crippen molar-refractivity contribution >= 4 is 11.8 Å². The molecule has 114 valence electrons. The summed E-state index contributed by atoms with van der Waals surface area (Å²) in [6, 6.07) is 0. The molecule has 6 heteroatoms. The second kappa shape index (κ2) is 6.52. The van der Waals surface area contributed by atoms with Crippen molar-refractivity contribution in [2.24, 2.45) is 0 Å². The standard InChI is InChI=1S/C14H24N2O3S/c1-6-14(7-2,20-5)8-16-12(18)10(9(3)4)11(17)15-13(16)19/h9,18H,6-8H2,1-5H3,(H,15,17,19). The molecule has 0 fully saturated rings. The van der Waals surface area contributed by atoms with Crippen molar-refractivity contribution in [3.8, 4) is 5.88 Å². The lowest BCUT2D eigenvalue weighted by Crippen LogP contribution is -2.39. The third-order valence-corrected chi connectivity index (χ3v) is 5.52. The fraction of sp³-hybridized carbons (Fsp3) is 0.714. The monoisotopic (exact) mass is 300 g/mol. The molecule has 1 aromatic heterocycles. The first kappa shape index (κ1) is 16.9. The summed E-state index contributed by atoms with van der Waals surface area (Å²) < 4.78 is 1.17. The van der Waals surface area contributed by atoms with Gasteiger partial charge in [0, 0.05) is 11.3 Å². The topological polar surface area (TPSA) is 75.1 Å².